The quantitative estimate of drug-likeness (QED) is 0.372. The number of nitrogens with one attached hydrogen (secondary N) is 1. The van der Waals surface area contributed by atoms with Crippen LogP contribution >= 0.6 is 0 Å². The van der Waals surface area contributed by atoms with Gasteiger partial charge in [0.2, 0.25) is 10.0 Å². The summed E-state index contributed by atoms with van der Waals surface area (Å²) in [5.74, 6) is -0.601. The highest BCUT2D eigenvalue weighted by Gasteiger charge is 2.13. The molecule has 29 heavy (non-hydrogen) atoms. The molecule has 0 spiro atoms. The third kappa shape index (κ3) is 4.43. The molecule has 1 amide bonds. The smallest absolute Gasteiger partial charge is 0.266 e. The molecular weight excluding hydrogens is 388 g/mol. The first-order chi connectivity index (χ1) is 13.8. The second kappa shape index (κ2) is 8.14. The Morgan fingerprint density at radius 2 is 1.90 bits per heavy atom. The first-order valence-corrected chi connectivity index (χ1v) is 10.1. The number of nitrogens with zero attached hydrogens (tertiary/aromatic N) is 2. The van der Waals surface area contributed by atoms with Crippen molar-refractivity contribution in [3.63, 3.8) is 0 Å². The van der Waals surface area contributed by atoms with Gasteiger partial charge >= 0.3 is 0 Å². The highest BCUT2D eigenvalue weighted by molar-refractivity contribution is 7.89. The highest BCUT2D eigenvalue weighted by Crippen LogP contribution is 2.24. The second-order valence-corrected chi connectivity index (χ2v) is 7.80. The molecule has 0 saturated heterocycles. The number of benzene rings is 2. The topological polar surface area (TPSA) is 118 Å². The van der Waals surface area contributed by atoms with Gasteiger partial charge in [-0.3, -0.25) is 4.79 Å². The van der Waals surface area contributed by atoms with Gasteiger partial charge in [0.25, 0.3) is 5.91 Å². The van der Waals surface area contributed by atoms with Crippen LogP contribution in [0, 0.1) is 11.3 Å². The van der Waals surface area contributed by atoms with E-state index in [0.717, 1.165) is 16.5 Å². The normalized spacial score (nSPS) is 11.8. The number of hydrogen-bond acceptors (Lipinski definition) is 4. The predicted octanol–water partition coefficient (Wildman–Crippen LogP) is 3.02. The maximum Gasteiger partial charge on any atom is 0.266 e. The van der Waals surface area contributed by atoms with Gasteiger partial charge in [0.1, 0.15) is 11.6 Å². The molecule has 0 atom stereocenters. The van der Waals surface area contributed by atoms with Crippen LogP contribution in [0.4, 0.5) is 5.69 Å². The Bertz CT molecular complexity index is 1260. The van der Waals surface area contributed by atoms with Crippen molar-refractivity contribution in [2.45, 2.75) is 11.4 Å². The summed E-state index contributed by atoms with van der Waals surface area (Å²) in [6.07, 6.45) is 5.15. The minimum absolute atomic E-state index is 0.0680. The maximum atomic E-state index is 12.5. The Hall–Kier alpha value is -3.67. The lowest BCUT2D eigenvalue weighted by atomic mass is 10.1. The van der Waals surface area contributed by atoms with E-state index in [9.17, 15) is 18.5 Å². The van der Waals surface area contributed by atoms with Crippen molar-refractivity contribution < 1.29 is 13.2 Å². The van der Waals surface area contributed by atoms with Crippen LogP contribution in [0.2, 0.25) is 0 Å². The molecule has 0 unspecified atom stereocenters. The monoisotopic (exact) mass is 406 g/mol. The molecule has 0 aliphatic heterocycles. The lowest BCUT2D eigenvalue weighted by Crippen LogP contribution is -2.14. The number of carbonyl (C=O) groups is 1. The van der Waals surface area contributed by atoms with E-state index < -0.39 is 15.9 Å². The summed E-state index contributed by atoms with van der Waals surface area (Å²) in [4.78, 5) is 12.5. The number of carbonyl (C=O) groups excluding carboxylic acids is 1. The van der Waals surface area contributed by atoms with Crippen LogP contribution in [-0.2, 0) is 21.4 Å². The number of para-hydroxylation sites is 1. The molecule has 146 valence electrons. The standard InChI is InChI=1S/C21H18N4O3S/c1-2-11-25-14-16(19-5-3-4-6-20(19)25)12-15(13-22)21(26)24-17-7-9-18(10-8-17)29(23,27)28/h2-10,12,14H,1,11H2,(H,24,26)(H2,23,27,28)/b15-12+. The summed E-state index contributed by atoms with van der Waals surface area (Å²) in [6, 6.07) is 15.0. The van der Waals surface area contributed by atoms with Crippen LogP contribution in [0.1, 0.15) is 5.56 Å². The average Bonchev–Trinajstić information content (AvgIpc) is 3.03. The van der Waals surface area contributed by atoms with Crippen LogP contribution in [0.15, 0.2) is 77.9 Å². The number of nitriles is 1. The van der Waals surface area contributed by atoms with E-state index in [1.54, 1.807) is 6.08 Å². The van der Waals surface area contributed by atoms with Gasteiger partial charge in [-0.1, -0.05) is 24.3 Å². The van der Waals surface area contributed by atoms with Crippen molar-refractivity contribution in [3.8, 4) is 6.07 Å². The van der Waals surface area contributed by atoms with Gasteiger partial charge in [-0.05, 0) is 36.4 Å². The summed E-state index contributed by atoms with van der Waals surface area (Å²) < 4.78 is 24.6. The van der Waals surface area contributed by atoms with Crippen LogP contribution in [0.5, 0.6) is 0 Å². The average molecular weight is 406 g/mol. The lowest BCUT2D eigenvalue weighted by Gasteiger charge is -2.05. The largest absolute Gasteiger partial charge is 0.343 e. The van der Waals surface area contributed by atoms with E-state index in [0.29, 0.717) is 12.2 Å². The number of fused-ring (bicyclic) bond motifs is 1. The zero-order chi connectivity index (χ0) is 21.0. The molecule has 0 saturated carbocycles. The van der Waals surface area contributed by atoms with Gasteiger partial charge in [0.05, 0.1) is 4.90 Å². The number of sulfonamides is 1. The zero-order valence-electron chi connectivity index (χ0n) is 15.4. The van der Waals surface area contributed by atoms with E-state index in [1.807, 2.05) is 41.1 Å². The molecule has 0 radical (unpaired) electrons. The lowest BCUT2D eigenvalue weighted by molar-refractivity contribution is -0.112. The maximum absolute atomic E-state index is 12.5. The molecular formula is C21H18N4O3S. The fraction of sp³-hybridized carbons (Fsp3) is 0.0476. The third-order valence-corrected chi connectivity index (χ3v) is 5.18. The number of rotatable bonds is 6. The summed E-state index contributed by atoms with van der Waals surface area (Å²) in [7, 11) is -3.82. The van der Waals surface area contributed by atoms with E-state index in [2.05, 4.69) is 11.9 Å². The molecule has 3 rings (SSSR count). The minimum Gasteiger partial charge on any atom is -0.343 e. The highest BCUT2D eigenvalue weighted by atomic mass is 32.2. The van der Waals surface area contributed by atoms with Crippen LogP contribution in [0.25, 0.3) is 17.0 Å². The fourth-order valence-corrected chi connectivity index (χ4v) is 3.43. The molecule has 3 N–H and O–H groups in total. The second-order valence-electron chi connectivity index (χ2n) is 6.24. The van der Waals surface area contributed by atoms with Crippen LogP contribution < -0.4 is 10.5 Å². The third-order valence-electron chi connectivity index (χ3n) is 4.25. The number of amides is 1. The molecule has 0 aliphatic carbocycles. The molecule has 1 aromatic heterocycles. The number of aromatic nitrogens is 1. The van der Waals surface area contributed by atoms with E-state index in [4.69, 9.17) is 5.14 Å². The van der Waals surface area contributed by atoms with Crippen molar-refractivity contribution in [3.05, 3.63) is 78.5 Å². The Labute approximate surface area is 168 Å². The van der Waals surface area contributed by atoms with Crippen molar-refractivity contribution >= 4 is 38.6 Å². The Balaban J connectivity index is 1.90. The number of hydrogen-bond donors (Lipinski definition) is 2. The molecule has 8 heteroatoms. The van der Waals surface area contributed by atoms with Gasteiger partial charge in [0.15, 0.2) is 0 Å². The van der Waals surface area contributed by atoms with E-state index in [1.165, 1.54) is 30.3 Å². The molecule has 1 heterocycles. The molecule has 2 aromatic carbocycles. The zero-order valence-corrected chi connectivity index (χ0v) is 16.2. The van der Waals surface area contributed by atoms with Gasteiger partial charge < -0.3 is 9.88 Å². The fourth-order valence-electron chi connectivity index (χ4n) is 2.91. The summed E-state index contributed by atoms with van der Waals surface area (Å²) in [5, 5.41) is 18.0. The first kappa shape index (κ1) is 20.1. The number of anilines is 1. The molecule has 0 bridgehead atoms. The molecule has 0 aliphatic rings. The van der Waals surface area contributed by atoms with Crippen molar-refractivity contribution in [2.24, 2.45) is 5.14 Å². The van der Waals surface area contributed by atoms with Gasteiger partial charge in [-0.25, -0.2) is 13.6 Å². The van der Waals surface area contributed by atoms with Crippen LogP contribution in [0.3, 0.4) is 0 Å². The Kier molecular flexibility index (Phi) is 5.64. The number of primary sulfonamides is 1. The van der Waals surface area contributed by atoms with Crippen molar-refractivity contribution in [2.75, 3.05) is 5.32 Å². The molecule has 0 fully saturated rings. The van der Waals surface area contributed by atoms with Gasteiger partial charge in [0, 0.05) is 34.9 Å². The van der Waals surface area contributed by atoms with Gasteiger partial charge in [-0.15, -0.1) is 6.58 Å². The van der Waals surface area contributed by atoms with Crippen molar-refractivity contribution in [1.82, 2.24) is 4.57 Å². The van der Waals surface area contributed by atoms with Crippen LogP contribution in [-0.4, -0.2) is 18.9 Å². The summed E-state index contributed by atoms with van der Waals surface area (Å²) in [5.41, 5.74) is 1.97. The Morgan fingerprint density at radius 3 is 2.52 bits per heavy atom. The Morgan fingerprint density at radius 1 is 1.21 bits per heavy atom. The minimum atomic E-state index is -3.82. The molecule has 7 nitrogen and oxygen atoms in total. The summed E-state index contributed by atoms with van der Waals surface area (Å²) in [6.45, 7) is 4.34. The van der Waals surface area contributed by atoms with E-state index in [-0.39, 0.29) is 10.5 Å². The predicted molar refractivity (Wildman–Crippen MR) is 112 cm³/mol. The van der Waals surface area contributed by atoms with Gasteiger partial charge in [-0.2, -0.15) is 5.26 Å². The first-order valence-electron chi connectivity index (χ1n) is 8.58. The molecule has 3 aromatic rings. The van der Waals surface area contributed by atoms with E-state index >= 15 is 0 Å². The number of allylic oxidation sites excluding steroid dienone is 1. The SMILES string of the molecule is C=CCn1cc(/C=C(\C#N)C(=O)Nc2ccc(S(N)(=O)=O)cc2)c2ccccc21. The summed E-state index contributed by atoms with van der Waals surface area (Å²) >= 11 is 0. The van der Waals surface area contributed by atoms with Crippen molar-refractivity contribution in [1.29, 1.82) is 5.26 Å². The number of nitrogens with two attached hydrogens (primary N) is 1.